The number of aliphatic hydroxyl groups is 1. The van der Waals surface area contributed by atoms with Gasteiger partial charge in [-0.15, -0.1) is 0 Å². The van der Waals surface area contributed by atoms with Crippen LogP contribution in [-0.4, -0.2) is 19.6 Å². The molecule has 0 amide bonds. The number of imidazole rings is 1. The Morgan fingerprint density at radius 3 is 2.85 bits per heavy atom. The predicted molar refractivity (Wildman–Crippen MR) is 78.3 cm³/mol. The maximum absolute atomic E-state index is 10.7. The number of fused-ring (bicyclic) bond motifs is 1. The Kier molecular flexibility index (Phi) is 3.48. The van der Waals surface area contributed by atoms with E-state index in [1.54, 1.807) is 12.4 Å². The van der Waals surface area contributed by atoms with E-state index in [2.05, 4.69) is 16.9 Å². The lowest BCUT2D eigenvalue weighted by atomic mass is 10.0. The second-order valence-electron chi connectivity index (χ2n) is 4.80. The molecule has 1 N–H and O–H groups in total. The van der Waals surface area contributed by atoms with Crippen LogP contribution in [0.5, 0.6) is 0 Å². The Balaban J connectivity index is 2.08. The summed E-state index contributed by atoms with van der Waals surface area (Å²) in [6.45, 7) is 2.97. The van der Waals surface area contributed by atoms with Gasteiger partial charge in [-0.05, 0) is 24.1 Å². The molecule has 0 fully saturated rings. The number of rotatable bonds is 4. The minimum absolute atomic E-state index is 0.684. The van der Waals surface area contributed by atoms with Crippen molar-refractivity contribution in [2.45, 2.75) is 26.0 Å². The number of benzene rings is 1. The zero-order valence-corrected chi connectivity index (χ0v) is 11.4. The highest BCUT2D eigenvalue weighted by Crippen LogP contribution is 2.27. The fraction of sp³-hybridized carbons (Fsp3) is 0.250. The maximum Gasteiger partial charge on any atom is 0.142 e. The van der Waals surface area contributed by atoms with E-state index >= 15 is 0 Å². The highest BCUT2D eigenvalue weighted by molar-refractivity contribution is 5.82. The van der Waals surface area contributed by atoms with Crippen LogP contribution < -0.4 is 0 Å². The smallest absolute Gasteiger partial charge is 0.142 e. The summed E-state index contributed by atoms with van der Waals surface area (Å²) >= 11 is 0. The monoisotopic (exact) mass is 267 g/mol. The fourth-order valence-electron chi connectivity index (χ4n) is 2.49. The molecular weight excluding hydrogens is 250 g/mol. The summed E-state index contributed by atoms with van der Waals surface area (Å²) in [7, 11) is 0. The zero-order chi connectivity index (χ0) is 13.9. The molecule has 0 saturated carbocycles. The molecule has 3 rings (SSSR count). The number of aryl methyl sites for hydroxylation is 1. The number of nitrogens with zero attached hydrogens (tertiary/aromatic N) is 3. The SMILES string of the molecule is CCCn1ccnc1C(O)c1ccnc2ccccc12. The number of aliphatic hydroxyl groups excluding tert-OH is 1. The van der Waals surface area contributed by atoms with Gasteiger partial charge in [0.1, 0.15) is 11.9 Å². The molecule has 0 aliphatic carbocycles. The maximum atomic E-state index is 10.7. The van der Waals surface area contributed by atoms with Gasteiger partial charge in [0.15, 0.2) is 0 Å². The van der Waals surface area contributed by atoms with Crippen molar-refractivity contribution in [2.24, 2.45) is 0 Å². The number of para-hydroxylation sites is 1. The standard InChI is InChI=1S/C16H17N3O/c1-2-10-19-11-9-18-16(19)15(20)13-7-8-17-14-6-4-3-5-12(13)14/h3-9,11,15,20H,2,10H2,1H3. The van der Waals surface area contributed by atoms with Crippen LogP contribution in [0.4, 0.5) is 0 Å². The molecule has 0 radical (unpaired) electrons. The van der Waals surface area contributed by atoms with E-state index in [9.17, 15) is 5.11 Å². The van der Waals surface area contributed by atoms with Crippen molar-refractivity contribution in [3.63, 3.8) is 0 Å². The number of hydrogen-bond acceptors (Lipinski definition) is 3. The molecule has 0 bridgehead atoms. The fourth-order valence-corrected chi connectivity index (χ4v) is 2.49. The van der Waals surface area contributed by atoms with E-state index in [0.29, 0.717) is 5.82 Å². The zero-order valence-electron chi connectivity index (χ0n) is 11.4. The molecule has 4 heteroatoms. The second-order valence-corrected chi connectivity index (χ2v) is 4.80. The Bertz CT molecular complexity index is 715. The lowest BCUT2D eigenvalue weighted by Crippen LogP contribution is -2.10. The van der Waals surface area contributed by atoms with E-state index in [0.717, 1.165) is 29.4 Å². The van der Waals surface area contributed by atoms with Crippen molar-refractivity contribution in [3.8, 4) is 0 Å². The van der Waals surface area contributed by atoms with Gasteiger partial charge in [0.05, 0.1) is 5.52 Å². The lowest BCUT2D eigenvalue weighted by Gasteiger charge is -2.15. The summed E-state index contributed by atoms with van der Waals surface area (Å²) in [5.41, 5.74) is 1.73. The van der Waals surface area contributed by atoms with Crippen molar-refractivity contribution in [1.82, 2.24) is 14.5 Å². The van der Waals surface area contributed by atoms with Crippen LogP contribution in [0.15, 0.2) is 48.9 Å². The summed E-state index contributed by atoms with van der Waals surface area (Å²) in [6, 6.07) is 9.69. The summed E-state index contributed by atoms with van der Waals surface area (Å²) in [5.74, 6) is 0.684. The van der Waals surface area contributed by atoms with Gasteiger partial charge in [-0.3, -0.25) is 4.98 Å². The molecule has 3 aromatic rings. The van der Waals surface area contributed by atoms with Gasteiger partial charge in [0, 0.05) is 30.5 Å². The quantitative estimate of drug-likeness (QED) is 0.790. The highest BCUT2D eigenvalue weighted by Gasteiger charge is 2.18. The van der Waals surface area contributed by atoms with Crippen LogP contribution >= 0.6 is 0 Å². The molecule has 0 spiro atoms. The molecule has 1 aromatic carbocycles. The molecule has 2 heterocycles. The molecule has 102 valence electrons. The topological polar surface area (TPSA) is 50.9 Å². The van der Waals surface area contributed by atoms with Gasteiger partial charge in [-0.2, -0.15) is 0 Å². The molecule has 0 aliphatic rings. The summed E-state index contributed by atoms with van der Waals surface area (Å²) in [5, 5.41) is 11.6. The Hall–Kier alpha value is -2.20. The Morgan fingerprint density at radius 1 is 1.15 bits per heavy atom. The average molecular weight is 267 g/mol. The van der Waals surface area contributed by atoms with Gasteiger partial charge in [-0.1, -0.05) is 25.1 Å². The van der Waals surface area contributed by atoms with E-state index in [1.807, 2.05) is 41.1 Å². The van der Waals surface area contributed by atoms with Gasteiger partial charge < -0.3 is 9.67 Å². The van der Waals surface area contributed by atoms with E-state index in [-0.39, 0.29) is 0 Å². The predicted octanol–water partition coefficient (Wildman–Crippen LogP) is 2.92. The van der Waals surface area contributed by atoms with E-state index in [4.69, 9.17) is 0 Å². The van der Waals surface area contributed by atoms with E-state index in [1.165, 1.54) is 0 Å². The molecule has 4 nitrogen and oxygen atoms in total. The van der Waals surface area contributed by atoms with Gasteiger partial charge in [-0.25, -0.2) is 4.98 Å². The third-order valence-electron chi connectivity index (χ3n) is 3.43. The first-order valence-electron chi connectivity index (χ1n) is 6.84. The summed E-state index contributed by atoms with van der Waals surface area (Å²) in [4.78, 5) is 8.64. The first kappa shape index (κ1) is 12.8. The van der Waals surface area contributed by atoms with Crippen molar-refractivity contribution < 1.29 is 5.11 Å². The van der Waals surface area contributed by atoms with Crippen molar-refractivity contribution in [2.75, 3.05) is 0 Å². The van der Waals surface area contributed by atoms with Crippen molar-refractivity contribution in [1.29, 1.82) is 0 Å². The van der Waals surface area contributed by atoms with Crippen LogP contribution in [0, 0.1) is 0 Å². The minimum Gasteiger partial charge on any atom is -0.380 e. The molecule has 0 saturated heterocycles. The van der Waals surface area contributed by atoms with Gasteiger partial charge in [0.25, 0.3) is 0 Å². The van der Waals surface area contributed by atoms with Crippen LogP contribution in [0.25, 0.3) is 10.9 Å². The third-order valence-corrected chi connectivity index (χ3v) is 3.43. The molecule has 2 aromatic heterocycles. The van der Waals surface area contributed by atoms with Gasteiger partial charge >= 0.3 is 0 Å². The van der Waals surface area contributed by atoms with Crippen LogP contribution in [0.1, 0.15) is 30.8 Å². The largest absolute Gasteiger partial charge is 0.380 e. The highest BCUT2D eigenvalue weighted by atomic mass is 16.3. The van der Waals surface area contributed by atoms with Crippen LogP contribution in [0.2, 0.25) is 0 Å². The molecule has 0 aliphatic heterocycles. The van der Waals surface area contributed by atoms with Crippen molar-refractivity contribution in [3.05, 3.63) is 60.3 Å². The lowest BCUT2D eigenvalue weighted by molar-refractivity contribution is 0.205. The van der Waals surface area contributed by atoms with Gasteiger partial charge in [0.2, 0.25) is 0 Å². The summed E-state index contributed by atoms with van der Waals surface area (Å²) < 4.78 is 2.00. The molecule has 1 unspecified atom stereocenters. The normalized spacial score (nSPS) is 12.7. The molecule has 1 atom stereocenters. The first-order valence-corrected chi connectivity index (χ1v) is 6.84. The average Bonchev–Trinajstić information content (AvgIpc) is 2.94. The molecule has 20 heavy (non-hydrogen) atoms. The van der Waals surface area contributed by atoms with E-state index < -0.39 is 6.10 Å². The second kappa shape index (κ2) is 5.43. The minimum atomic E-state index is -0.732. The first-order chi connectivity index (χ1) is 9.81. The molecular formula is C16H17N3O. The number of aromatic nitrogens is 3. The third kappa shape index (κ3) is 2.18. The number of hydrogen-bond donors (Lipinski definition) is 1. The Labute approximate surface area is 117 Å². The van der Waals surface area contributed by atoms with Crippen LogP contribution in [0.3, 0.4) is 0 Å². The Morgan fingerprint density at radius 2 is 2.00 bits per heavy atom. The van der Waals surface area contributed by atoms with Crippen molar-refractivity contribution >= 4 is 10.9 Å². The van der Waals surface area contributed by atoms with Crippen LogP contribution in [-0.2, 0) is 6.54 Å². The summed E-state index contributed by atoms with van der Waals surface area (Å²) in [6.07, 6.45) is 5.65. The number of pyridine rings is 1.